The van der Waals surface area contributed by atoms with E-state index in [9.17, 15) is 14.9 Å². The Morgan fingerprint density at radius 2 is 2.13 bits per heavy atom. The number of hydrogen-bond acceptors (Lipinski definition) is 4. The van der Waals surface area contributed by atoms with Crippen molar-refractivity contribution in [2.75, 3.05) is 13.7 Å². The fourth-order valence-corrected chi connectivity index (χ4v) is 4.45. The van der Waals surface area contributed by atoms with Crippen molar-refractivity contribution in [2.24, 2.45) is 11.3 Å². The topological polar surface area (TPSA) is 72.7 Å². The first-order chi connectivity index (χ1) is 10.8. The lowest BCUT2D eigenvalue weighted by Crippen LogP contribution is -2.66. The van der Waals surface area contributed by atoms with Crippen LogP contribution in [-0.4, -0.2) is 41.5 Å². The van der Waals surface area contributed by atoms with Crippen LogP contribution < -0.4 is 0 Å². The standard InChI is InChI=1S/C17H22N2O4/c1-10-11(6-5-7-13(10)19(21)22)16(20)18(4)14-12-8-9-23-15(12)17(14,2)3/h5-7,12,14-15H,8-9H2,1-4H3. The van der Waals surface area contributed by atoms with Crippen LogP contribution in [0.5, 0.6) is 0 Å². The van der Waals surface area contributed by atoms with Gasteiger partial charge in [0.1, 0.15) is 0 Å². The normalized spacial score (nSPS) is 27.9. The highest BCUT2D eigenvalue weighted by Gasteiger charge is 2.61. The molecule has 1 amide bonds. The highest BCUT2D eigenvalue weighted by molar-refractivity contribution is 5.96. The van der Waals surface area contributed by atoms with E-state index in [1.807, 2.05) is 0 Å². The molecule has 1 aromatic rings. The van der Waals surface area contributed by atoms with E-state index < -0.39 is 4.92 Å². The molecule has 0 N–H and O–H groups in total. The van der Waals surface area contributed by atoms with Gasteiger partial charge in [-0.2, -0.15) is 0 Å². The number of carbonyl (C=O) groups is 1. The van der Waals surface area contributed by atoms with E-state index in [0.29, 0.717) is 17.0 Å². The van der Waals surface area contributed by atoms with Crippen LogP contribution in [0.25, 0.3) is 0 Å². The van der Waals surface area contributed by atoms with Crippen molar-refractivity contribution in [2.45, 2.75) is 39.3 Å². The van der Waals surface area contributed by atoms with E-state index in [2.05, 4.69) is 13.8 Å². The minimum atomic E-state index is -0.444. The van der Waals surface area contributed by atoms with Gasteiger partial charge in [-0.3, -0.25) is 14.9 Å². The maximum atomic E-state index is 12.9. The molecule has 1 aromatic carbocycles. The first-order valence-corrected chi connectivity index (χ1v) is 7.89. The van der Waals surface area contributed by atoms with Gasteiger partial charge >= 0.3 is 0 Å². The minimum Gasteiger partial charge on any atom is -0.377 e. The molecule has 6 heteroatoms. The van der Waals surface area contributed by atoms with Crippen molar-refractivity contribution in [3.05, 3.63) is 39.4 Å². The predicted molar refractivity (Wildman–Crippen MR) is 85.3 cm³/mol. The van der Waals surface area contributed by atoms with Crippen molar-refractivity contribution in [1.82, 2.24) is 4.90 Å². The maximum Gasteiger partial charge on any atom is 0.273 e. The summed E-state index contributed by atoms with van der Waals surface area (Å²) in [5.41, 5.74) is 0.713. The van der Waals surface area contributed by atoms with Gasteiger partial charge in [-0.15, -0.1) is 0 Å². The number of fused-ring (bicyclic) bond motifs is 1. The van der Waals surface area contributed by atoms with Gasteiger partial charge in [-0.05, 0) is 19.4 Å². The molecule has 1 aliphatic heterocycles. The number of carbonyl (C=O) groups excluding carboxylic acids is 1. The summed E-state index contributed by atoms with van der Waals surface area (Å²) in [4.78, 5) is 25.3. The SMILES string of the molecule is Cc1c(C(=O)N(C)C2C3CCOC3C2(C)C)cccc1[N+](=O)[O-]. The Hall–Kier alpha value is -1.95. The number of benzene rings is 1. The summed E-state index contributed by atoms with van der Waals surface area (Å²) in [6.07, 6.45) is 1.17. The molecule has 0 aromatic heterocycles. The Bertz CT molecular complexity index is 671. The molecule has 3 rings (SSSR count). The van der Waals surface area contributed by atoms with Gasteiger partial charge < -0.3 is 9.64 Å². The van der Waals surface area contributed by atoms with Crippen LogP contribution in [0.2, 0.25) is 0 Å². The summed E-state index contributed by atoms with van der Waals surface area (Å²) >= 11 is 0. The van der Waals surface area contributed by atoms with Gasteiger partial charge in [-0.25, -0.2) is 0 Å². The van der Waals surface area contributed by atoms with Gasteiger partial charge in [0.05, 0.1) is 11.0 Å². The van der Waals surface area contributed by atoms with E-state index in [4.69, 9.17) is 4.74 Å². The van der Waals surface area contributed by atoms with Crippen LogP contribution in [0.4, 0.5) is 5.69 Å². The molecular weight excluding hydrogens is 296 g/mol. The molecule has 0 spiro atoms. The monoisotopic (exact) mass is 318 g/mol. The Labute approximate surface area is 135 Å². The number of hydrogen-bond donors (Lipinski definition) is 0. The summed E-state index contributed by atoms with van der Waals surface area (Å²) in [5, 5.41) is 11.1. The highest BCUT2D eigenvalue weighted by atomic mass is 16.6. The molecule has 3 atom stereocenters. The van der Waals surface area contributed by atoms with Crippen LogP contribution in [0.3, 0.4) is 0 Å². The van der Waals surface area contributed by atoms with Crippen LogP contribution in [0.1, 0.15) is 36.2 Å². The fourth-order valence-electron chi connectivity index (χ4n) is 4.45. The molecule has 124 valence electrons. The van der Waals surface area contributed by atoms with Gasteiger partial charge in [0, 0.05) is 48.2 Å². The average molecular weight is 318 g/mol. The average Bonchev–Trinajstić information content (AvgIpc) is 2.92. The van der Waals surface area contributed by atoms with Gasteiger partial charge in [-0.1, -0.05) is 19.9 Å². The fraction of sp³-hybridized carbons (Fsp3) is 0.588. The van der Waals surface area contributed by atoms with E-state index in [1.165, 1.54) is 6.07 Å². The van der Waals surface area contributed by atoms with Crippen LogP contribution in [-0.2, 0) is 4.74 Å². The lowest BCUT2D eigenvalue weighted by Gasteiger charge is -2.57. The molecule has 3 unspecified atom stereocenters. The van der Waals surface area contributed by atoms with Crippen molar-refractivity contribution >= 4 is 11.6 Å². The summed E-state index contributed by atoms with van der Waals surface area (Å²) in [5.74, 6) is 0.201. The zero-order valence-corrected chi connectivity index (χ0v) is 13.9. The van der Waals surface area contributed by atoms with Crippen LogP contribution in [0.15, 0.2) is 18.2 Å². The third-order valence-corrected chi connectivity index (χ3v) is 5.51. The van der Waals surface area contributed by atoms with Crippen molar-refractivity contribution in [3.8, 4) is 0 Å². The second kappa shape index (κ2) is 5.30. The first-order valence-electron chi connectivity index (χ1n) is 7.89. The quantitative estimate of drug-likeness (QED) is 0.634. The van der Waals surface area contributed by atoms with E-state index in [-0.39, 0.29) is 29.2 Å². The zero-order chi connectivity index (χ0) is 16.9. The van der Waals surface area contributed by atoms with Crippen molar-refractivity contribution in [1.29, 1.82) is 0 Å². The van der Waals surface area contributed by atoms with Gasteiger partial charge in [0.15, 0.2) is 0 Å². The van der Waals surface area contributed by atoms with Crippen LogP contribution in [0, 0.1) is 28.4 Å². The molecule has 0 bridgehead atoms. The van der Waals surface area contributed by atoms with Gasteiger partial charge in [0.2, 0.25) is 0 Å². The molecule has 6 nitrogen and oxygen atoms in total. The largest absolute Gasteiger partial charge is 0.377 e. The Morgan fingerprint density at radius 1 is 1.43 bits per heavy atom. The molecule has 0 radical (unpaired) electrons. The zero-order valence-electron chi connectivity index (χ0n) is 13.9. The molecular formula is C17H22N2O4. The Balaban J connectivity index is 1.89. The second-order valence-electron chi connectivity index (χ2n) is 7.13. The number of nitrogens with zero attached hydrogens (tertiary/aromatic N) is 2. The third kappa shape index (κ3) is 2.24. The van der Waals surface area contributed by atoms with E-state index in [0.717, 1.165) is 13.0 Å². The molecule has 1 saturated carbocycles. The van der Waals surface area contributed by atoms with Crippen molar-refractivity contribution < 1.29 is 14.5 Å². The van der Waals surface area contributed by atoms with E-state index >= 15 is 0 Å². The van der Waals surface area contributed by atoms with E-state index in [1.54, 1.807) is 31.0 Å². The molecule has 1 heterocycles. The molecule has 2 aliphatic rings. The lowest BCUT2D eigenvalue weighted by molar-refractivity contribution is -0.385. The first kappa shape index (κ1) is 15.9. The minimum absolute atomic E-state index is 0.0146. The van der Waals surface area contributed by atoms with Gasteiger partial charge in [0.25, 0.3) is 11.6 Å². The summed E-state index contributed by atoms with van der Waals surface area (Å²) in [6, 6.07) is 4.76. The van der Waals surface area contributed by atoms with Crippen molar-refractivity contribution in [3.63, 3.8) is 0 Å². The highest BCUT2D eigenvalue weighted by Crippen LogP contribution is 2.54. The number of nitro benzene ring substituents is 1. The number of ether oxygens (including phenoxy) is 1. The molecule has 2 fully saturated rings. The third-order valence-electron chi connectivity index (χ3n) is 5.51. The lowest BCUT2D eigenvalue weighted by atomic mass is 9.56. The maximum absolute atomic E-state index is 12.9. The Morgan fingerprint density at radius 3 is 2.78 bits per heavy atom. The predicted octanol–water partition coefficient (Wildman–Crippen LogP) is 2.79. The number of amides is 1. The second-order valence-corrected chi connectivity index (χ2v) is 7.13. The molecule has 1 aliphatic carbocycles. The summed E-state index contributed by atoms with van der Waals surface area (Å²) in [6.45, 7) is 6.61. The van der Waals surface area contributed by atoms with Crippen LogP contribution >= 0.6 is 0 Å². The number of rotatable bonds is 3. The molecule has 23 heavy (non-hydrogen) atoms. The Kier molecular flexibility index (Phi) is 3.67. The molecule has 1 saturated heterocycles. The summed E-state index contributed by atoms with van der Waals surface area (Å²) < 4.78 is 5.78. The number of nitro groups is 1. The summed E-state index contributed by atoms with van der Waals surface area (Å²) in [7, 11) is 1.79. The smallest absolute Gasteiger partial charge is 0.273 e.